The normalized spacial score (nSPS) is 18.7. The first-order valence-electron chi connectivity index (χ1n) is 14.0. The van der Waals surface area contributed by atoms with Gasteiger partial charge < -0.3 is 23.9 Å². The van der Waals surface area contributed by atoms with Crippen LogP contribution in [0.3, 0.4) is 0 Å². The minimum Gasteiger partial charge on any atom is -0.494 e. The van der Waals surface area contributed by atoms with Crippen molar-refractivity contribution in [1.82, 2.24) is 24.0 Å². The van der Waals surface area contributed by atoms with Gasteiger partial charge in [0.2, 0.25) is 0 Å². The minimum atomic E-state index is -0.745. The molecule has 3 aliphatic rings. The van der Waals surface area contributed by atoms with E-state index in [0.717, 1.165) is 53.0 Å². The molecule has 0 radical (unpaired) electrons. The van der Waals surface area contributed by atoms with Gasteiger partial charge in [-0.25, -0.2) is 9.97 Å². The number of aromatic nitrogens is 4. The van der Waals surface area contributed by atoms with E-state index in [4.69, 9.17) is 9.72 Å². The summed E-state index contributed by atoms with van der Waals surface area (Å²) in [5, 5.41) is 12.2. The summed E-state index contributed by atoms with van der Waals surface area (Å²) in [6.45, 7) is 1.73. The van der Waals surface area contributed by atoms with E-state index in [1.807, 2.05) is 31.4 Å². The Balaban J connectivity index is 0.00000161. The molecule has 1 aromatic carbocycles. The number of aliphatic hydroxyl groups is 1. The van der Waals surface area contributed by atoms with Crippen LogP contribution in [0.5, 0.6) is 5.75 Å². The van der Waals surface area contributed by atoms with Gasteiger partial charge in [0.15, 0.2) is 5.82 Å². The van der Waals surface area contributed by atoms with Gasteiger partial charge in [0, 0.05) is 30.7 Å². The topological polar surface area (TPSA) is 85.4 Å². The van der Waals surface area contributed by atoms with Crippen molar-refractivity contribution in [2.24, 2.45) is 18.9 Å². The van der Waals surface area contributed by atoms with Gasteiger partial charge in [0.25, 0.3) is 5.91 Å². The monoisotopic (exact) mass is 563 g/mol. The number of carbonyl (C=O) groups excluding carboxylic acids is 1. The van der Waals surface area contributed by atoms with Crippen LogP contribution in [-0.4, -0.2) is 60.8 Å². The fourth-order valence-electron chi connectivity index (χ4n) is 6.67. The van der Waals surface area contributed by atoms with Crippen molar-refractivity contribution in [3.8, 4) is 17.3 Å². The summed E-state index contributed by atoms with van der Waals surface area (Å²) in [6, 6.07) is 9.91. The first kappa shape index (κ1) is 28.5. The number of β-amino-alcohol motifs (C(OH)–C–C–N with tert-alkyl or cyclic N) is 1. The molecule has 3 aromatic heterocycles. The van der Waals surface area contributed by atoms with E-state index in [1.165, 1.54) is 32.1 Å². The predicted octanol–water partition coefficient (Wildman–Crippen LogP) is 5.52. The maximum absolute atomic E-state index is 13.5. The number of rotatable bonds is 6. The van der Waals surface area contributed by atoms with E-state index in [9.17, 15) is 9.90 Å². The first-order valence-corrected chi connectivity index (χ1v) is 14.0. The molecule has 1 saturated heterocycles. The van der Waals surface area contributed by atoms with Crippen molar-refractivity contribution in [3.63, 3.8) is 0 Å². The molecular formula is C31H41N5O3S. The standard InChI is InChI=1S/C30H35N5O3.CH4.H2S/c1-33-26-23(32-28(33)24-14-20-7-6-12-31-27(20)35(24)16-19-10-11-19)13-21(15-25(26)38-2)29(36)34-17-30(37,18-34)22-8-4-3-5-9-22;;/h6-7,12-15,19,22,37H,3-5,8-11,16-18H2,1-2H3;1H4;1H2. The number of hydrogen-bond acceptors (Lipinski definition) is 5. The summed E-state index contributed by atoms with van der Waals surface area (Å²) < 4.78 is 10.1. The van der Waals surface area contributed by atoms with E-state index in [2.05, 4.69) is 26.3 Å². The fourth-order valence-corrected chi connectivity index (χ4v) is 6.67. The number of pyridine rings is 1. The Bertz CT molecular complexity index is 1540. The Labute approximate surface area is 242 Å². The number of benzene rings is 1. The number of carbonyl (C=O) groups is 1. The zero-order valence-corrected chi connectivity index (χ0v) is 23.7. The maximum atomic E-state index is 13.5. The summed E-state index contributed by atoms with van der Waals surface area (Å²) in [6.07, 6.45) is 10.1. The lowest BCUT2D eigenvalue weighted by molar-refractivity contribution is -0.127. The van der Waals surface area contributed by atoms with Gasteiger partial charge in [-0.15, -0.1) is 0 Å². The van der Waals surface area contributed by atoms with Crippen molar-refractivity contribution in [2.75, 3.05) is 20.2 Å². The van der Waals surface area contributed by atoms with Crippen LogP contribution in [-0.2, 0) is 13.6 Å². The quantitative estimate of drug-likeness (QED) is 0.334. The van der Waals surface area contributed by atoms with Gasteiger partial charge in [-0.05, 0) is 67.9 Å². The zero-order chi connectivity index (χ0) is 26.0. The van der Waals surface area contributed by atoms with Crippen LogP contribution in [0.2, 0.25) is 0 Å². The van der Waals surface area contributed by atoms with Gasteiger partial charge >= 0.3 is 0 Å². The van der Waals surface area contributed by atoms with E-state index in [-0.39, 0.29) is 26.8 Å². The third-order valence-electron chi connectivity index (χ3n) is 9.01. The van der Waals surface area contributed by atoms with Crippen LogP contribution in [0.1, 0.15) is 62.7 Å². The molecule has 214 valence electrons. The molecule has 1 aliphatic heterocycles. The van der Waals surface area contributed by atoms with Crippen molar-refractivity contribution >= 4 is 41.5 Å². The lowest BCUT2D eigenvalue weighted by Crippen LogP contribution is -2.67. The average Bonchev–Trinajstić information content (AvgIpc) is 3.59. The molecule has 40 heavy (non-hydrogen) atoms. The molecule has 0 spiro atoms. The van der Waals surface area contributed by atoms with Gasteiger partial charge in [-0.3, -0.25) is 4.79 Å². The lowest BCUT2D eigenvalue weighted by Gasteiger charge is -2.51. The maximum Gasteiger partial charge on any atom is 0.254 e. The molecule has 9 heteroatoms. The molecule has 4 heterocycles. The molecule has 2 aliphatic carbocycles. The van der Waals surface area contributed by atoms with Crippen LogP contribution in [0.4, 0.5) is 0 Å². The van der Waals surface area contributed by atoms with Crippen LogP contribution >= 0.6 is 13.5 Å². The second kappa shape index (κ2) is 10.7. The Hall–Kier alpha value is -3.04. The number of amides is 1. The third-order valence-corrected chi connectivity index (χ3v) is 9.01. The van der Waals surface area contributed by atoms with Crippen molar-refractivity contribution < 1.29 is 14.6 Å². The molecule has 1 N–H and O–H groups in total. The molecule has 7 rings (SSSR count). The van der Waals surface area contributed by atoms with Crippen molar-refractivity contribution in [2.45, 2.75) is 64.5 Å². The fraction of sp³-hybridized carbons (Fsp3) is 0.516. The van der Waals surface area contributed by atoms with E-state index in [0.29, 0.717) is 36.2 Å². The number of nitrogens with zero attached hydrogens (tertiary/aromatic N) is 5. The highest BCUT2D eigenvalue weighted by Gasteiger charge is 2.49. The molecule has 0 atom stereocenters. The van der Waals surface area contributed by atoms with Crippen LogP contribution in [0.15, 0.2) is 36.5 Å². The smallest absolute Gasteiger partial charge is 0.254 e. The third kappa shape index (κ3) is 4.67. The van der Waals surface area contributed by atoms with E-state index in [1.54, 1.807) is 12.0 Å². The van der Waals surface area contributed by atoms with Gasteiger partial charge in [0.1, 0.15) is 22.5 Å². The number of ether oxygens (including phenoxy) is 1. The Morgan fingerprint density at radius 1 is 1.12 bits per heavy atom. The molecule has 1 amide bonds. The SMILES string of the molecule is C.COc1cc(C(=O)N2CC(O)(C3CCCCC3)C2)cc2nc(-c3cc4cccnc4n3CC3CC3)n(C)c12.S. The number of methoxy groups -OCH3 is 1. The highest BCUT2D eigenvalue weighted by Crippen LogP contribution is 2.40. The number of hydrogen-bond donors (Lipinski definition) is 1. The Morgan fingerprint density at radius 3 is 2.58 bits per heavy atom. The second-order valence-corrected chi connectivity index (χ2v) is 11.6. The Kier molecular flexibility index (Phi) is 7.65. The zero-order valence-electron chi connectivity index (χ0n) is 22.7. The molecule has 0 unspecified atom stereocenters. The highest BCUT2D eigenvalue weighted by atomic mass is 32.1. The molecule has 8 nitrogen and oxygen atoms in total. The van der Waals surface area contributed by atoms with Crippen molar-refractivity contribution in [1.29, 1.82) is 0 Å². The summed E-state index contributed by atoms with van der Waals surface area (Å²) in [5.74, 6) is 2.36. The van der Waals surface area contributed by atoms with Crippen LogP contribution in [0.25, 0.3) is 33.6 Å². The molecule has 2 saturated carbocycles. The van der Waals surface area contributed by atoms with Crippen LogP contribution < -0.4 is 4.74 Å². The number of fused-ring (bicyclic) bond motifs is 2. The number of aryl methyl sites for hydroxylation is 1. The molecular weight excluding hydrogens is 522 g/mol. The lowest BCUT2D eigenvalue weighted by atomic mass is 9.72. The molecule has 4 aromatic rings. The van der Waals surface area contributed by atoms with Gasteiger partial charge in [0.05, 0.1) is 31.4 Å². The largest absolute Gasteiger partial charge is 0.494 e. The summed E-state index contributed by atoms with van der Waals surface area (Å²) in [5.41, 5.74) is 3.39. The van der Waals surface area contributed by atoms with Crippen molar-refractivity contribution in [3.05, 3.63) is 42.1 Å². The summed E-state index contributed by atoms with van der Waals surface area (Å²) in [4.78, 5) is 25.0. The minimum absolute atomic E-state index is 0. The van der Waals surface area contributed by atoms with E-state index >= 15 is 0 Å². The van der Waals surface area contributed by atoms with Gasteiger partial charge in [-0.1, -0.05) is 26.7 Å². The van der Waals surface area contributed by atoms with E-state index < -0.39 is 5.60 Å². The van der Waals surface area contributed by atoms with Crippen LogP contribution in [0, 0.1) is 11.8 Å². The van der Waals surface area contributed by atoms with Gasteiger partial charge in [-0.2, -0.15) is 13.5 Å². The number of imidazole rings is 1. The number of likely N-dealkylation sites (tertiary alicyclic amines) is 1. The first-order chi connectivity index (χ1) is 18.4. The second-order valence-electron chi connectivity index (χ2n) is 11.6. The molecule has 3 fully saturated rings. The Morgan fingerprint density at radius 2 is 1.88 bits per heavy atom. The highest BCUT2D eigenvalue weighted by molar-refractivity contribution is 7.59. The molecule has 0 bridgehead atoms. The predicted molar refractivity (Wildman–Crippen MR) is 163 cm³/mol. The summed E-state index contributed by atoms with van der Waals surface area (Å²) in [7, 11) is 3.64. The summed E-state index contributed by atoms with van der Waals surface area (Å²) >= 11 is 0. The average molecular weight is 564 g/mol.